The molecular weight excluding hydrogens is 167 g/mol. The summed E-state index contributed by atoms with van der Waals surface area (Å²) in [5, 5.41) is 0. The summed E-state index contributed by atoms with van der Waals surface area (Å²) < 4.78 is 0. The van der Waals surface area contributed by atoms with Crippen molar-refractivity contribution in [3.8, 4) is 0 Å². The normalized spacial score (nSPS) is 20.2. The Kier molecular flexibility index (Phi) is 2.30. The van der Waals surface area contributed by atoms with Gasteiger partial charge in [-0.25, -0.2) is 0 Å². The second-order valence-electron chi connectivity index (χ2n) is 2.32. The summed E-state index contributed by atoms with van der Waals surface area (Å²) in [4.78, 5) is 0. The molecule has 0 nitrogen and oxygen atoms in total. The Bertz CT molecular complexity index is 219. The number of hydrogen-bond acceptors (Lipinski definition) is 0. The minimum absolute atomic E-state index is 0. The predicted octanol–water partition coefficient (Wildman–Crippen LogP) is 2.22. The van der Waals surface area contributed by atoms with Crippen molar-refractivity contribution in [2.75, 3.05) is 0 Å². The first-order chi connectivity index (χ1) is 4.47. The van der Waals surface area contributed by atoms with E-state index < -0.39 is 0 Å². The third kappa shape index (κ3) is 1.15. The van der Waals surface area contributed by atoms with Crippen LogP contribution in [0.4, 0.5) is 0 Å². The molecular formula is C9H8Co. The quantitative estimate of drug-likeness (QED) is 0.573. The molecule has 0 aliphatic heterocycles. The first-order valence-electron chi connectivity index (χ1n) is 3.20. The van der Waals surface area contributed by atoms with E-state index in [-0.39, 0.29) is 16.8 Å². The van der Waals surface area contributed by atoms with Crippen molar-refractivity contribution in [2.45, 2.75) is 0 Å². The molecule has 0 saturated carbocycles. The van der Waals surface area contributed by atoms with Crippen LogP contribution in [0.2, 0.25) is 0 Å². The maximum Gasteiger partial charge on any atom is 0.0204 e. The van der Waals surface area contributed by atoms with Crippen molar-refractivity contribution in [2.24, 2.45) is 5.92 Å². The van der Waals surface area contributed by atoms with Crippen molar-refractivity contribution >= 4 is 0 Å². The third-order valence-electron chi connectivity index (χ3n) is 1.71. The van der Waals surface area contributed by atoms with Crippen LogP contribution in [0.3, 0.4) is 0 Å². The van der Waals surface area contributed by atoms with Gasteiger partial charge in [-0.05, 0) is 5.57 Å². The molecule has 0 aromatic heterocycles. The van der Waals surface area contributed by atoms with Gasteiger partial charge in [0.1, 0.15) is 0 Å². The Morgan fingerprint density at radius 1 is 1.00 bits per heavy atom. The van der Waals surface area contributed by atoms with Gasteiger partial charge in [-0.15, -0.1) is 0 Å². The van der Waals surface area contributed by atoms with E-state index in [4.69, 9.17) is 0 Å². The van der Waals surface area contributed by atoms with Crippen molar-refractivity contribution in [1.82, 2.24) is 0 Å². The molecule has 0 amide bonds. The van der Waals surface area contributed by atoms with E-state index in [9.17, 15) is 0 Å². The van der Waals surface area contributed by atoms with Gasteiger partial charge in [0, 0.05) is 22.7 Å². The summed E-state index contributed by atoms with van der Waals surface area (Å²) in [5.74, 6) is 0.579. The molecule has 0 spiro atoms. The van der Waals surface area contributed by atoms with Gasteiger partial charge in [0.25, 0.3) is 0 Å². The average molecular weight is 175 g/mol. The number of allylic oxidation sites excluding steroid dienone is 8. The van der Waals surface area contributed by atoms with E-state index in [1.54, 1.807) is 0 Å². The predicted molar refractivity (Wildman–Crippen MR) is 39.0 cm³/mol. The van der Waals surface area contributed by atoms with E-state index in [1.165, 1.54) is 5.57 Å². The SMILES string of the molecule is C1=CC(C2C=CC=C2)=C1.[Co]. The molecule has 2 rings (SSSR count). The molecule has 0 saturated heterocycles. The van der Waals surface area contributed by atoms with Crippen LogP contribution in [0.15, 0.2) is 48.1 Å². The minimum Gasteiger partial charge on any atom is -0.0732 e. The molecule has 0 aromatic rings. The van der Waals surface area contributed by atoms with Gasteiger partial charge in [0.15, 0.2) is 0 Å². The maximum absolute atomic E-state index is 2.20. The maximum atomic E-state index is 2.20. The zero-order chi connectivity index (χ0) is 6.10. The molecule has 53 valence electrons. The summed E-state index contributed by atoms with van der Waals surface area (Å²) in [6, 6.07) is 0. The van der Waals surface area contributed by atoms with Crippen LogP contribution >= 0.6 is 0 Å². The van der Waals surface area contributed by atoms with Crippen molar-refractivity contribution in [3.05, 3.63) is 48.1 Å². The number of rotatable bonds is 1. The van der Waals surface area contributed by atoms with Gasteiger partial charge in [0.2, 0.25) is 0 Å². The second-order valence-corrected chi connectivity index (χ2v) is 2.32. The fourth-order valence-corrected chi connectivity index (χ4v) is 1.08. The molecule has 0 N–H and O–H groups in total. The zero-order valence-corrected chi connectivity index (χ0v) is 6.49. The van der Waals surface area contributed by atoms with Gasteiger partial charge < -0.3 is 0 Å². The third-order valence-corrected chi connectivity index (χ3v) is 1.71. The molecule has 0 bridgehead atoms. The molecule has 0 fully saturated rings. The van der Waals surface area contributed by atoms with Crippen molar-refractivity contribution in [3.63, 3.8) is 0 Å². The second kappa shape index (κ2) is 3.04. The van der Waals surface area contributed by atoms with Gasteiger partial charge >= 0.3 is 0 Å². The Morgan fingerprint density at radius 2 is 1.60 bits per heavy atom. The van der Waals surface area contributed by atoms with Crippen LogP contribution in [0.25, 0.3) is 0 Å². The van der Waals surface area contributed by atoms with E-state index >= 15 is 0 Å². The molecule has 0 atom stereocenters. The Labute approximate surface area is 71.2 Å². The standard InChI is InChI=1S/C9H8.Co/c1-2-5-8(4-1)9-6-3-7-9;/h1-8H;. The largest absolute Gasteiger partial charge is 0.0732 e. The Morgan fingerprint density at radius 3 is 2.00 bits per heavy atom. The van der Waals surface area contributed by atoms with Gasteiger partial charge in [-0.2, -0.15) is 0 Å². The van der Waals surface area contributed by atoms with Crippen LogP contribution in [-0.2, 0) is 16.8 Å². The van der Waals surface area contributed by atoms with Gasteiger partial charge in [0.05, 0.1) is 0 Å². The molecule has 0 aromatic carbocycles. The van der Waals surface area contributed by atoms with Gasteiger partial charge in [-0.1, -0.05) is 42.5 Å². The molecule has 1 radical (unpaired) electrons. The summed E-state index contributed by atoms with van der Waals surface area (Å²) in [6.07, 6.45) is 15.0. The summed E-state index contributed by atoms with van der Waals surface area (Å²) in [5.41, 5.74) is 1.43. The van der Waals surface area contributed by atoms with Crippen LogP contribution in [0.5, 0.6) is 0 Å². The fraction of sp³-hybridized carbons (Fsp3) is 0.111. The van der Waals surface area contributed by atoms with Crippen molar-refractivity contribution < 1.29 is 16.8 Å². The fourth-order valence-electron chi connectivity index (χ4n) is 1.08. The Balaban J connectivity index is 0.000000500. The molecule has 2 aliphatic rings. The van der Waals surface area contributed by atoms with E-state index in [1.807, 2.05) is 0 Å². The smallest absolute Gasteiger partial charge is 0.0204 e. The molecule has 0 heterocycles. The van der Waals surface area contributed by atoms with E-state index in [2.05, 4.69) is 42.5 Å². The van der Waals surface area contributed by atoms with Gasteiger partial charge in [-0.3, -0.25) is 0 Å². The molecule has 1 heteroatoms. The number of hydrogen-bond donors (Lipinski definition) is 0. The summed E-state index contributed by atoms with van der Waals surface area (Å²) in [7, 11) is 0. The van der Waals surface area contributed by atoms with Crippen LogP contribution in [-0.4, -0.2) is 0 Å². The monoisotopic (exact) mass is 175 g/mol. The van der Waals surface area contributed by atoms with E-state index in [0.717, 1.165) is 0 Å². The molecule has 0 unspecified atom stereocenters. The van der Waals surface area contributed by atoms with Crippen LogP contribution < -0.4 is 0 Å². The summed E-state index contributed by atoms with van der Waals surface area (Å²) in [6.45, 7) is 0. The first kappa shape index (κ1) is 7.57. The Hall–Kier alpha value is -0.534. The van der Waals surface area contributed by atoms with Crippen LogP contribution in [0, 0.1) is 5.92 Å². The molecule has 2 aliphatic carbocycles. The summed E-state index contributed by atoms with van der Waals surface area (Å²) >= 11 is 0. The van der Waals surface area contributed by atoms with E-state index in [0.29, 0.717) is 5.92 Å². The minimum atomic E-state index is 0. The first-order valence-corrected chi connectivity index (χ1v) is 3.20. The molecule has 10 heavy (non-hydrogen) atoms. The average Bonchev–Trinajstić information content (AvgIpc) is 2.11. The van der Waals surface area contributed by atoms with Crippen LogP contribution in [0.1, 0.15) is 0 Å². The topological polar surface area (TPSA) is 0 Å². The van der Waals surface area contributed by atoms with Crippen molar-refractivity contribution in [1.29, 1.82) is 0 Å². The zero-order valence-electron chi connectivity index (χ0n) is 5.45.